The summed E-state index contributed by atoms with van der Waals surface area (Å²) in [5.74, 6) is 1.11. The van der Waals surface area contributed by atoms with Gasteiger partial charge in [-0.15, -0.1) is 5.10 Å². The fourth-order valence-corrected chi connectivity index (χ4v) is 3.40. The summed E-state index contributed by atoms with van der Waals surface area (Å²) in [6, 6.07) is 9.18. The van der Waals surface area contributed by atoms with Crippen LogP contribution in [0.25, 0.3) is 17.2 Å². The molecule has 4 rings (SSSR count). The number of hydrogen-bond donors (Lipinski definition) is 2. The summed E-state index contributed by atoms with van der Waals surface area (Å²) in [7, 11) is 0. The second-order valence-electron chi connectivity index (χ2n) is 6.88. The van der Waals surface area contributed by atoms with Gasteiger partial charge in [0.2, 0.25) is 11.7 Å². The zero-order valence-corrected chi connectivity index (χ0v) is 14.7. The minimum absolute atomic E-state index is 0.00169. The molecule has 134 valence electrons. The number of hydrogen-bond acceptors (Lipinski definition) is 4. The van der Waals surface area contributed by atoms with Crippen LogP contribution in [-0.4, -0.2) is 25.5 Å². The monoisotopic (exact) mass is 351 g/mol. The van der Waals surface area contributed by atoms with Crippen molar-refractivity contribution < 1.29 is 4.79 Å². The lowest BCUT2D eigenvalue weighted by atomic mass is 9.89. The fraction of sp³-hybridized carbons (Fsp3) is 0.368. The van der Waals surface area contributed by atoms with Crippen molar-refractivity contribution in [3.05, 3.63) is 46.2 Å². The molecule has 0 atom stereocenters. The van der Waals surface area contributed by atoms with E-state index in [1.807, 2.05) is 31.2 Å². The van der Waals surface area contributed by atoms with Gasteiger partial charge in [0.25, 0.3) is 5.56 Å². The van der Waals surface area contributed by atoms with E-state index >= 15 is 0 Å². The Morgan fingerprint density at radius 2 is 1.92 bits per heavy atom. The normalized spacial score (nSPS) is 15.3. The van der Waals surface area contributed by atoms with Crippen LogP contribution < -0.4 is 10.9 Å². The van der Waals surface area contributed by atoms with Gasteiger partial charge in [-0.05, 0) is 19.8 Å². The molecule has 7 heteroatoms. The molecule has 0 aliphatic heterocycles. The second kappa shape index (κ2) is 6.74. The van der Waals surface area contributed by atoms with Crippen LogP contribution in [-0.2, 0) is 4.79 Å². The average molecular weight is 351 g/mol. The predicted octanol–water partition coefficient (Wildman–Crippen LogP) is 2.91. The number of nitrogens with zero attached hydrogens (tertiary/aromatic N) is 3. The Morgan fingerprint density at radius 3 is 2.65 bits per heavy atom. The summed E-state index contributed by atoms with van der Waals surface area (Å²) < 4.78 is 1.48. The van der Waals surface area contributed by atoms with Gasteiger partial charge in [-0.1, -0.05) is 49.1 Å². The van der Waals surface area contributed by atoms with Crippen LogP contribution in [0.3, 0.4) is 0 Å². The molecule has 2 heterocycles. The van der Waals surface area contributed by atoms with Gasteiger partial charge < -0.3 is 5.32 Å². The van der Waals surface area contributed by atoms with Crippen LogP contribution in [0.2, 0.25) is 0 Å². The highest BCUT2D eigenvalue weighted by molar-refractivity contribution is 5.92. The number of benzene rings is 1. The van der Waals surface area contributed by atoms with E-state index in [0.717, 1.165) is 36.8 Å². The number of anilines is 1. The van der Waals surface area contributed by atoms with E-state index in [2.05, 4.69) is 20.4 Å². The first-order valence-corrected chi connectivity index (χ1v) is 8.98. The summed E-state index contributed by atoms with van der Waals surface area (Å²) in [4.78, 5) is 31.6. The Kier molecular flexibility index (Phi) is 4.28. The lowest BCUT2D eigenvalue weighted by Crippen LogP contribution is -2.27. The van der Waals surface area contributed by atoms with Crippen LogP contribution >= 0.6 is 0 Å². The van der Waals surface area contributed by atoms with E-state index < -0.39 is 0 Å². The summed E-state index contributed by atoms with van der Waals surface area (Å²) in [6.45, 7) is 2.01. The number of H-pyrrole nitrogens is 1. The summed E-state index contributed by atoms with van der Waals surface area (Å²) in [5, 5.41) is 7.34. The lowest BCUT2D eigenvalue weighted by molar-refractivity contribution is -0.120. The molecule has 1 aliphatic carbocycles. The largest absolute Gasteiger partial charge is 0.310 e. The van der Waals surface area contributed by atoms with Crippen molar-refractivity contribution in [3.63, 3.8) is 0 Å². The van der Waals surface area contributed by atoms with Gasteiger partial charge in [0.15, 0.2) is 5.82 Å². The van der Waals surface area contributed by atoms with Crippen LogP contribution in [0.5, 0.6) is 0 Å². The highest BCUT2D eigenvalue weighted by Crippen LogP contribution is 2.25. The van der Waals surface area contributed by atoms with Gasteiger partial charge >= 0.3 is 0 Å². The Balaban J connectivity index is 1.69. The molecule has 0 unspecified atom stereocenters. The molecule has 2 aromatic heterocycles. The third-order valence-electron chi connectivity index (χ3n) is 4.88. The number of amides is 1. The number of fused-ring (bicyclic) bond motifs is 1. The summed E-state index contributed by atoms with van der Waals surface area (Å²) in [5.41, 5.74) is 1.68. The molecule has 0 saturated heterocycles. The van der Waals surface area contributed by atoms with Gasteiger partial charge in [-0.3, -0.25) is 14.6 Å². The standard InChI is InChI=1S/C19H21N5O2/c1-12-7-9-13(10-8-12)17-22-19-21-16(25)11-15(24(19)23-17)20-18(26)14-5-3-2-4-6-14/h7-11,14H,2-6H2,1H3,(H,20,26)(H,21,22,23,25). The molecule has 0 spiro atoms. The molecule has 26 heavy (non-hydrogen) atoms. The van der Waals surface area contributed by atoms with Crippen molar-refractivity contribution in [2.24, 2.45) is 5.92 Å². The van der Waals surface area contributed by atoms with Crippen molar-refractivity contribution in [2.45, 2.75) is 39.0 Å². The molecule has 1 aliphatic rings. The minimum atomic E-state index is -0.320. The van der Waals surface area contributed by atoms with Crippen molar-refractivity contribution in [1.29, 1.82) is 0 Å². The highest BCUT2D eigenvalue weighted by atomic mass is 16.2. The molecule has 1 aromatic carbocycles. The van der Waals surface area contributed by atoms with Gasteiger partial charge in [0, 0.05) is 17.5 Å². The molecule has 1 saturated carbocycles. The van der Waals surface area contributed by atoms with Gasteiger partial charge in [-0.2, -0.15) is 9.50 Å². The van der Waals surface area contributed by atoms with Gasteiger partial charge in [-0.25, -0.2) is 0 Å². The van der Waals surface area contributed by atoms with E-state index in [0.29, 0.717) is 17.4 Å². The molecule has 1 fully saturated rings. The zero-order chi connectivity index (χ0) is 18.1. The van der Waals surface area contributed by atoms with Crippen molar-refractivity contribution >= 4 is 17.5 Å². The minimum Gasteiger partial charge on any atom is -0.310 e. The van der Waals surface area contributed by atoms with E-state index in [9.17, 15) is 9.59 Å². The number of carbonyl (C=O) groups excluding carboxylic acids is 1. The highest BCUT2D eigenvalue weighted by Gasteiger charge is 2.22. The Labute approximate surface area is 150 Å². The van der Waals surface area contributed by atoms with Crippen LogP contribution in [0, 0.1) is 12.8 Å². The molecular weight excluding hydrogens is 330 g/mol. The SMILES string of the molecule is Cc1ccc(-c2nc3[nH]c(=O)cc(NC(=O)C4CCCCC4)n3n2)cc1. The van der Waals surface area contributed by atoms with Crippen molar-refractivity contribution in [2.75, 3.05) is 5.32 Å². The Hall–Kier alpha value is -2.96. The molecular formula is C19H21N5O2. The zero-order valence-electron chi connectivity index (χ0n) is 14.7. The average Bonchev–Trinajstić information content (AvgIpc) is 3.07. The fourth-order valence-electron chi connectivity index (χ4n) is 3.40. The number of carbonyl (C=O) groups is 1. The molecule has 2 N–H and O–H groups in total. The number of nitrogens with one attached hydrogen (secondary N) is 2. The first kappa shape index (κ1) is 16.5. The van der Waals surface area contributed by atoms with E-state index in [1.165, 1.54) is 17.0 Å². The van der Waals surface area contributed by atoms with E-state index in [4.69, 9.17) is 0 Å². The first-order valence-electron chi connectivity index (χ1n) is 8.98. The predicted molar refractivity (Wildman–Crippen MR) is 99.0 cm³/mol. The third-order valence-corrected chi connectivity index (χ3v) is 4.88. The number of rotatable bonds is 3. The Bertz CT molecular complexity index is 997. The summed E-state index contributed by atoms with van der Waals surface area (Å²) >= 11 is 0. The first-order chi connectivity index (χ1) is 12.6. The second-order valence-corrected chi connectivity index (χ2v) is 6.88. The van der Waals surface area contributed by atoms with Crippen LogP contribution in [0.15, 0.2) is 35.1 Å². The van der Waals surface area contributed by atoms with Crippen molar-refractivity contribution in [1.82, 2.24) is 19.6 Å². The summed E-state index contributed by atoms with van der Waals surface area (Å²) in [6.07, 6.45) is 5.11. The molecule has 7 nitrogen and oxygen atoms in total. The Morgan fingerprint density at radius 1 is 1.19 bits per heavy atom. The maximum absolute atomic E-state index is 12.6. The quantitative estimate of drug-likeness (QED) is 0.759. The maximum Gasteiger partial charge on any atom is 0.254 e. The van der Waals surface area contributed by atoms with Crippen LogP contribution in [0.4, 0.5) is 5.82 Å². The number of aromatic amines is 1. The van der Waals surface area contributed by atoms with E-state index in [1.54, 1.807) is 0 Å². The van der Waals surface area contributed by atoms with Crippen LogP contribution in [0.1, 0.15) is 37.7 Å². The topological polar surface area (TPSA) is 92.1 Å². The number of aryl methyl sites for hydroxylation is 1. The molecule has 3 aromatic rings. The third kappa shape index (κ3) is 3.24. The van der Waals surface area contributed by atoms with Crippen molar-refractivity contribution in [3.8, 4) is 11.4 Å². The van der Waals surface area contributed by atoms with Gasteiger partial charge in [0.05, 0.1) is 0 Å². The van der Waals surface area contributed by atoms with Gasteiger partial charge in [0.1, 0.15) is 5.82 Å². The smallest absolute Gasteiger partial charge is 0.254 e. The maximum atomic E-state index is 12.6. The molecule has 1 amide bonds. The lowest BCUT2D eigenvalue weighted by Gasteiger charge is -2.20. The molecule has 0 radical (unpaired) electrons. The number of aromatic nitrogens is 4. The molecule has 0 bridgehead atoms. The van der Waals surface area contributed by atoms with E-state index in [-0.39, 0.29) is 17.4 Å².